The highest BCUT2D eigenvalue weighted by Gasteiger charge is 2.21. The van der Waals surface area contributed by atoms with Gasteiger partial charge in [0.15, 0.2) is 0 Å². The van der Waals surface area contributed by atoms with E-state index in [4.69, 9.17) is 4.74 Å². The monoisotopic (exact) mass is 378 g/mol. The number of nitrogens with zero attached hydrogens (tertiary/aromatic N) is 1. The number of carbonyl (C=O) groups excluding carboxylic acids is 1. The minimum absolute atomic E-state index is 0.167. The number of carbonyl (C=O) groups is 1. The summed E-state index contributed by atoms with van der Waals surface area (Å²) in [5, 5.41) is 0. The van der Waals surface area contributed by atoms with Crippen LogP contribution in [0, 0.1) is 0 Å². The van der Waals surface area contributed by atoms with Crippen molar-refractivity contribution in [2.75, 3.05) is 18.4 Å². The standard InChI is InChI=1S/C13H19BrN2O4S/c1-5-20-13(17)10-6-7-12(11(14)8-10)15-21(18,19)16(4)9(2)3/h6-9,15H,5H2,1-4H3. The molecule has 0 saturated heterocycles. The van der Waals surface area contributed by atoms with Crippen LogP contribution in [0.3, 0.4) is 0 Å². The number of nitrogens with one attached hydrogen (secondary N) is 1. The van der Waals surface area contributed by atoms with Crippen molar-refractivity contribution in [2.45, 2.75) is 26.8 Å². The van der Waals surface area contributed by atoms with Gasteiger partial charge in [-0.05, 0) is 54.9 Å². The van der Waals surface area contributed by atoms with E-state index in [1.54, 1.807) is 20.8 Å². The van der Waals surface area contributed by atoms with Crippen molar-refractivity contribution < 1.29 is 17.9 Å². The highest BCUT2D eigenvalue weighted by molar-refractivity contribution is 9.10. The molecule has 6 nitrogen and oxygen atoms in total. The fourth-order valence-electron chi connectivity index (χ4n) is 1.43. The lowest BCUT2D eigenvalue weighted by molar-refractivity contribution is 0.0526. The van der Waals surface area contributed by atoms with Crippen LogP contribution in [0.25, 0.3) is 0 Å². The average molecular weight is 379 g/mol. The predicted octanol–water partition coefficient (Wildman–Crippen LogP) is 2.62. The van der Waals surface area contributed by atoms with Crippen LogP contribution in [0.5, 0.6) is 0 Å². The maximum atomic E-state index is 12.1. The molecule has 0 aromatic heterocycles. The number of benzene rings is 1. The Hall–Kier alpha value is -1.12. The fraction of sp³-hybridized carbons (Fsp3) is 0.462. The molecule has 0 saturated carbocycles. The molecule has 1 rings (SSSR count). The third-order valence-electron chi connectivity index (χ3n) is 2.83. The van der Waals surface area contributed by atoms with E-state index < -0.39 is 16.2 Å². The summed E-state index contributed by atoms with van der Waals surface area (Å²) in [4.78, 5) is 11.6. The molecule has 0 aliphatic rings. The second kappa shape index (κ2) is 7.24. The van der Waals surface area contributed by atoms with Gasteiger partial charge in [0.1, 0.15) is 0 Å². The minimum atomic E-state index is -3.64. The molecule has 0 fully saturated rings. The van der Waals surface area contributed by atoms with Gasteiger partial charge in [-0.25, -0.2) is 4.79 Å². The number of esters is 1. The predicted molar refractivity (Wildman–Crippen MR) is 85.5 cm³/mol. The smallest absolute Gasteiger partial charge is 0.338 e. The summed E-state index contributed by atoms with van der Waals surface area (Å²) in [6.45, 7) is 5.55. The maximum absolute atomic E-state index is 12.1. The molecule has 0 bridgehead atoms. The Bertz CT molecular complexity index is 617. The molecule has 0 amide bonds. The summed E-state index contributed by atoms with van der Waals surface area (Å²) < 4.78 is 33.3. The topological polar surface area (TPSA) is 75.7 Å². The summed E-state index contributed by atoms with van der Waals surface area (Å²) in [5.41, 5.74) is 0.708. The van der Waals surface area contributed by atoms with Crippen molar-refractivity contribution in [1.82, 2.24) is 4.31 Å². The average Bonchev–Trinajstić information content (AvgIpc) is 2.40. The molecule has 0 radical (unpaired) electrons. The first-order valence-electron chi connectivity index (χ1n) is 6.41. The van der Waals surface area contributed by atoms with E-state index in [0.29, 0.717) is 15.7 Å². The first kappa shape index (κ1) is 17.9. The molecule has 21 heavy (non-hydrogen) atoms. The van der Waals surface area contributed by atoms with Crippen molar-refractivity contribution in [3.63, 3.8) is 0 Å². The van der Waals surface area contributed by atoms with Crippen LogP contribution in [0.15, 0.2) is 22.7 Å². The first-order chi connectivity index (χ1) is 9.69. The van der Waals surface area contributed by atoms with Gasteiger partial charge in [-0.15, -0.1) is 0 Å². The number of hydrogen-bond donors (Lipinski definition) is 1. The molecule has 0 spiro atoms. The summed E-state index contributed by atoms with van der Waals surface area (Å²) in [5.74, 6) is -0.452. The Morgan fingerprint density at radius 1 is 1.43 bits per heavy atom. The number of halogens is 1. The lowest BCUT2D eigenvalue weighted by Gasteiger charge is -2.22. The van der Waals surface area contributed by atoms with Gasteiger partial charge < -0.3 is 4.74 Å². The third-order valence-corrected chi connectivity index (χ3v) is 5.14. The van der Waals surface area contributed by atoms with Crippen molar-refractivity contribution in [2.24, 2.45) is 0 Å². The van der Waals surface area contributed by atoms with Crippen LogP contribution < -0.4 is 4.72 Å². The molecule has 0 heterocycles. The number of rotatable bonds is 6. The molecular weight excluding hydrogens is 360 g/mol. The Kier molecular flexibility index (Phi) is 6.18. The fourth-order valence-corrected chi connectivity index (χ4v) is 3.19. The number of anilines is 1. The van der Waals surface area contributed by atoms with Crippen LogP contribution in [0.1, 0.15) is 31.1 Å². The van der Waals surface area contributed by atoms with Crippen molar-refractivity contribution in [1.29, 1.82) is 0 Å². The lowest BCUT2D eigenvalue weighted by Crippen LogP contribution is -2.37. The van der Waals surface area contributed by atoms with E-state index in [0.717, 1.165) is 0 Å². The van der Waals surface area contributed by atoms with Gasteiger partial charge in [0.05, 0.1) is 17.9 Å². The summed E-state index contributed by atoms with van der Waals surface area (Å²) in [6.07, 6.45) is 0. The second-order valence-electron chi connectivity index (χ2n) is 4.63. The van der Waals surface area contributed by atoms with Gasteiger partial charge in [-0.2, -0.15) is 12.7 Å². The molecule has 118 valence electrons. The molecule has 1 aromatic carbocycles. The molecule has 0 aliphatic heterocycles. The van der Waals surface area contributed by atoms with E-state index in [1.807, 2.05) is 0 Å². The van der Waals surface area contributed by atoms with E-state index >= 15 is 0 Å². The Morgan fingerprint density at radius 3 is 2.52 bits per heavy atom. The molecular formula is C13H19BrN2O4S. The summed E-state index contributed by atoms with van der Waals surface area (Å²) >= 11 is 3.25. The zero-order chi connectivity index (χ0) is 16.2. The molecule has 8 heteroatoms. The van der Waals surface area contributed by atoms with Gasteiger partial charge in [-0.3, -0.25) is 4.72 Å². The third kappa shape index (κ3) is 4.69. The maximum Gasteiger partial charge on any atom is 0.338 e. The largest absolute Gasteiger partial charge is 0.462 e. The van der Waals surface area contributed by atoms with Crippen LogP contribution in [0.4, 0.5) is 5.69 Å². The first-order valence-corrected chi connectivity index (χ1v) is 8.64. The van der Waals surface area contributed by atoms with Gasteiger partial charge in [-0.1, -0.05) is 0 Å². The number of ether oxygens (including phenoxy) is 1. The van der Waals surface area contributed by atoms with E-state index in [1.165, 1.54) is 29.6 Å². The quantitative estimate of drug-likeness (QED) is 0.771. The van der Waals surface area contributed by atoms with Crippen LogP contribution in [-0.2, 0) is 14.9 Å². The summed E-state index contributed by atoms with van der Waals surface area (Å²) in [7, 11) is -2.15. The van der Waals surface area contributed by atoms with E-state index in [9.17, 15) is 13.2 Å². The van der Waals surface area contributed by atoms with E-state index in [2.05, 4.69) is 20.7 Å². The normalized spacial score (nSPS) is 11.8. The van der Waals surface area contributed by atoms with Crippen molar-refractivity contribution in [3.8, 4) is 0 Å². The zero-order valence-corrected chi connectivity index (χ0v) is 14.8. The molecule has 1 aromatic rings. The van der Waals surface area contributed by atoms with Crippen LogP contribution >= 0.6 is 15.9 Å². The van der Waals surface area contributed by atoms with Crippen molar-refractivity contribution in [3.05, 3.63) is 28.2 Å². The summed E-state index contributed by atoms with van der Waals surface area (Å²) in [6, 6.07) is 4.38. The van der Waals surface area contributed by atoms with Gasteiger partial charge >= 0.3 is 16.2 Å². The molecule has 0 aliphatic carbocycles. The Balaban J connectivity index is 2.99. The van der Waals surface area contributed by atoms with Gasteiger partial charge in [0, 0.05) is 17.6 Å². The van der Waals surface area contributed by atoms with Crippen molar-refractivity contribution >= 4 is 37.8 Å². The lowest BCUT2D eigenvalue weighted by atomic mass is 10.2. The second-order valence-corrected chi connectivity index (χ2v) is 7.22. The Morgan fingerprint density at radius 2 is 2.05 bits per heavy atom. The number of hydrogen-bond acceptors (Lipinski definition) is 4. The van der Waals surface area contributed by atoms with E-state index in [-0.39, 0.29) is 12.6 Å². The highest BCUT2D eigenvalue weighted by atomic mass is 79.9. The molecule has 1 N–H and O–H groups in total. The minimum Gasteiger partial charge on any atom is -0.462 e. The highest BCUT2D eigenvalue weighted by Crippen LogP contribution is 2.25. The van der Waals surface area contributed by atoms with Gasteiger partial charge in [0.25, 0.3) is 0 Å². The SMILES string of the molecule is CCOC(=O)c1ccc(NS(=O)(=O)N(C)C(C)C)c(Br)c1. The zero-order valence-electron chi connectivity index (χ0n) is 12.4. The van der Waals surface area contributed by atoms with Gasteiger partial charge in [0.2, 0.25) is 0 Å². The molecule has 0 atom stereocenters. The van der Waals surface area contributed by atoms with Crippen LogP contribution in [0.2, 0.25) is 0 Å². The molecule has 0 unspecified atom stereocenters. The Labute approximate surface area is 133 Å². The van der Waals surface area contributed by atoms with Crippen LogP contribution in [-0.4, -0.2) is 38.4 Å².